The predicted octanol–water partition coefficient (Wildman–Crippen LogP) is 3.55. The average Bonchev–Trinajstić information content (AvgIpc) is 3.19. The molecule has 9 heteroatoms. The maximum Gasteiger partial charge on any atom is 0.253 e. The van der Waals surface area contributed by atoms with E-state index in [4.69, 9.17) is 23.2 Å². The zero-order chi connectivity index (χ0) is 25.7. The molecule has 1 saturated carbocycles. The van der Waals surface area contributed by atoms with Crippen molar-refractivity contribution in [3.8, 4) is 5.75 Å². The molecular weight excluding hydrogens is 503 g/mol. The lowest BCUT2D eigenvalue weighted by Gasteiger charge is -2.50. The van der Waals surface area contributed by atoms with Crippen LogP contribution in [-0.4, -0.2) is 61.9 Å². The van der Waals surface area contributed by atoms with Gasteiger partial charge in [0.25, 0.3) is 11.8 Å². The third kappa shape index (κ3) is 2.60. The van der Waals surface area contributed by atoms with Crippen molar-refractivity contribution in [1.82, 2.24) is 9.80 Å². The molecule has 2 aliphatic heterocycles. The molecule has 7 nitrogen and oxygen atoms in total. The quantitative estimate of drug-likeness (QED) is 0.366. The smallest absolute Gasteiger partial charge is 0.253 e. The number of fused-ring (bicyclic) bond motifs is 5. The van der Waals surface area contributed by atoms with Crippen LogP contribution in [0, 0.1) is 17.8 Å². The van der Waals surface area contributed by atoms with Crippen molar-refractivity contribution in [3.05, 3.63) is 53.6 Å². The van der Waals surface area contributed by atoms with Gasteiger partial charge in [0.1, 0.15) is 5.75 Å². The molecular formula is C27H24Cl2N2O5. The highest BCUT2D eigenvalue weighted by atomic mass is 35.5. The van der Waals surface area contributed by atoms with E-state index >= 15 is 0 Å². The van der Waals surface area contributed by atoms with E-state index in [1.54, 1.807) is 25.1 Å². The molecule has 2 saturated heterocycles. The molecule has 4 amide bonds. The number of phenols is 1. The summed E-state index contributed by atoms with van der Waals surface area (Å²) in [7, 11) is 1.35. The first-order chi connectivity index (χ1) is 17.1. The normalized spacial score (nSPS) is 35.7. The molecule has 2 aromatic carbocycles. The summed E-state index contributed by atoms with van der Waals surface area (Å²) in [4.78, 5) is 51.9. The predicted molar refractivity (Wildman–Crippen MR) is 133 cm³/mol. The second kappa shape index (κ2) is 7.56. The minimum absolute atomic E-state index is 0.0542. The van der Waals surface area contributed by atoms with Crippen LogP contribution in [-0.2, 0) is 19.2 Å². The zero-order valence-electron chi connectivity index (χ0n) is 19.7. The fraction of sp³-hybridized carbons (Fsp3) is 0.407. The number of imide groups is 2. The third-order valence-electron chi connectivity index (χ3n) is 8.66. The minimum Gasteiger partial charge on any atom is -0.507 e. The lowest BCUT2D eigenvalue weighted by Crippen LogP contribution is -2.60. The van der Waals surface area contributed by atoms with Crippen LogP contribution in [0.3, 0.4) is 0 Å². The van der Waals surface area contributed by atoms with Crippen molar-refractivity contribution in [2.24, 2.45) is 17.8 Å². The van der Waals surface area contributed by atoms with E-state index in [9.17, 15) is 24.3 Å². The van der Waals surface area contributed by atoms with Gasteiger partial charge in [0.05, 0.1) is 11.8 Å². The highest BCUT2D eigenvalue weighted by Crippen LogP contribution is 2.66. The monoisotopic (exact) mass is 526 g/mol. The number of phenolic OH excluding ortho intramolecular Hbond substituents is 1. The van der Waals surface area contributed by atoms with Crippen molar-refractivity contribution in [2.75, 3.05) is 13.6 Å². The maximum atomic E-state index is 13.6. The van der Waals surface area contributed by atoms with Crippen LogP contribution in [0.25, 0.3) is 10.8 Å². The van der Waals surface area contributed by atoms with Gasteiger partial charge in [-0.1, -0.05) is 48.0 Å². The zero-order valence-corrected chi connectivity index (χ0v) is 21.2. The number of nitrogens with zero attached hydrogens (tertiary/aromatic N) is 2. The molecule has 4 aliphatic rings. The molecule has 6 rings (SSSR count). The number of carbonyl (C=O) groups excluding carboxylic acids is 4. The number of hydrogen-bond acceptors (Lipinski definition) is 5. The summed E-state index contributed by atoms with van der Waals surface area (Å²) in [5, 5.41) is 12.8. The maximum absolute atomic E-state index is 13.6. The Morgan fingerprint density at radius 1 is 1.00 bits per heavy atom. The van der Waals surface area contributed by atoms with E-state index in [1.807, 2.05) is 24.3 Å². The van der Waals surface area contributed by atoms with Crippen molar-refractivity contribution < 1.29 is 24.3 Å². The van der Waals surface area contributed by atoms with Crippen molar-refractivity contribution in [1.29, 1.82) is 0 Å². The van der Waals surface area contributed by atoms with Gasteiger partial charge < -0.3 is 5.11 Å². The number of likely N-dealkylation sites (tertiary alicyclic amines) is 2. The number of benzene rings is 2. The topological polar surface area (TPSA) is 95.0 Å². The van der Waals surface area contributed by atoms with Crippen LogP contribution in [0.2, 0.25) is 0 Å². The summed E-state index contributed by atoms with van der Waals surface area (Å²) in [6.07, 6.45) is 2.12. The number of aromatic hydroxyl groups is 1. The summed E-state index contributed by atoms with van der Waals surface area (Å²) in [5.74, 6) is -4.67. The summed E-state index contributed by atoms with van der Waals surface area (Å²) in [5.41, 5.74) is 1.03. The van der Waals surface area contributed by atoms with Gasteiger partial charge in [0, 0.05) is 30.5 Å². The van der Waals surface area contributed by atoms with Gasteiger partial charge >= 0.3 is 0 Å². The number of carbonyl (C=O) groups is 4. The molecule has 2 aliphatic carbocycles. The molecule has 0 radical (unpaired) electrons. The van der Waals surface area contributed by atoms with Gasteiger partial charge in [-0.3, -0.25) is 29.0 Å². The van der Waals surface area contributed by atoms with Crippen molar-refractivity contribution in [3.63, 3.8) is 0 Å². The van der Waals surface area contributed by atoms with Gasteiger partial charge in [-0.2, -0.15) is 0 Å². The number of allylic oxidation sites excluding steroid dienone is 2. The molecule has 0 aromatic heterocycles. The molecule has 2 heterocycles. The molecule has 6 unspecified atom stereocenters. The molecule has 2 aromatic rings. The van der Waals surface area contributed by atoms with Crippen LogP contribution in [0.1, 0.15) is 31.2 Å². The summed E-state index contributed by atoms with van der Waals surface area (Å²) >= 11 is 14.3. The first kappa shape index (κ1) is 23.5. The lowest BCUT2D eigenvalue weighted by molar-refractivity contribution is -0.141. The highest BCUT2D eigenvalue weighted by Gasteiger charge is 2.76. The Kier molecular flexibility index (Phi) is 4.93. The SMILES string of the molecule is CCN1C(=O)C2CC=C3C(CC4(Cl)C(=O)N(C)C(=O)C4(Cl)C3c3ccc4ccccc4c3O)C2C1=O. The van der Waals surface area contributed by atoms with Crippen LogP contribution in [0.15, 0.2) is 48.0 Å². The van der Waals surface area contributed by atoms with Gasteiger partial charge in [-0.25, -0.2) is 0 Å². The Morgan fingerprint density at radius 3 is 2.44 bits per heavy atom. The average molecular weight is 527 g/mol. The summed E-state index contributed by atoms with van der Waals surface area (Å²) in [6, 6.07) is 10.8. The van der Waals surface area contributed by atoms with Gasteiger partial charge in [0.2, 0.25) is 11.8 Å². The van der Waals surface area contributed by atoms with E-state index < -0.39 is 45.2 Å². The Bertz CT molecular complexity index is 1420. The number of halogens is 2. The van der Waals surface area contributed by atoms with Crippen LogP contribution >= 0.6 is 23.2 Å². The second-order valence-electron chi connectivity index (χ2n) is 10.1. The number of rotatable bonds is 2. The Hall–Kier alpha value is -2.90. The van der Waals surface area contributed by atoms with Crippen LogP contribution < -0.4 is 0 Å². The van der Waals surface area contributed by atoms with Gasteiger partial charge in [-0.15, -0.1) is 23.2 Å². The van der Waals surface area contributed by atoms with Crippen LogP contribution in [0.4, 0.5) is 0 Å². The van der Waals surface area contributed by atoms with E-state index in [-0.39, 0.29) is 30.5 Å². The molecule has 36 heavy (non-hydrogen) atoms. The summed E-state index contributed by atoms with van der Waals surface area (Å²) in [6.45, 7) is 2.01. The Morgan fingerprint density at radius 2 is 1.72 bits per heavy atom. The molecule has 3 fully saturated rings. The van der Waals surface area contributed by atoms with Gasteiger partial charge in [-0.05, 0) is 31.1 Å². The van der Waals surface area contributed by atoms with Gasteiger partial charge in [0.15, 0.2) is 9.75 Å². The second-order valence-corrected chi connectivity index (χ2v) is 11.4. The number of amides is 4. The minimum atomic E-state index is -1.91. The molecule has 186 valence electrons. The fourth-order valence-electron chi connectivity index (χ4n) is 6.97. The number of hydrogen-bond donors (Lipinski definition) is 1. The van der Waals surface area contributed by atoms with E-state index in [0.29, 0.717) is 22.9 Å². The first-order valence-electron chi connectivity index (χ1n) is 12.0. The molecule has 1 N–H and O–H groups in total. The van der Waals surface area contributed by atoms with Crippen molar-refractivity contribution >= 4 is 57.6 Å². The first-order valence-corrected chi connectivity index (χ1v) is 12.8. The number of alkyl halides is 2. The highest BCUT2D eigenvalue weighted by molar-refractivity contribution is 6.53. The Labute approximate surface area is 217 Å². The largest absolute Gasteiger partial charge is 0.507 e. The third-order valence-corrected chi connectivity index (χ3v) is 10.1. The van der Waals surface area contributed by atoms with Crippen molar-refractivity contribution in [2.45, 2.75) is 35.4 Å². The van der Waals surface area contributed by atoms with E-state index in [2.05, 4.69) is 0 Å². The fourth-order valence-corrected chi connectivity index (χ4v) is 7.98. The summed E-state index contributed by atoms with van der Waals surface area (Å²) < 4.78 is 0. The lowest BCUT2D eigenvalue weighted by atomic mass is 9.56. The Balaban J connectivity index is 1.61. The standard InChI is InChI=1S/C27H24Cl2N2O5/c1-3-31-22(33)16-11-10-15-18(19(16)23(31)34)12-26(28)24(35)30(2)25(36)27(26,29)20(15)17-9-8-13-6-4-5-7-14(13)21(17)32/h4-10,16,18-20,32H,3,11-12H2,1-2H3. The molecule has 6 atom stereocenters. The van der Waals surface area contributed by atoms with Crippen LogP contribution in [0.5, 0.6) is 5.75 Å². The van der Waals surface area contributed by atoms with E-state index in [0.717, 1.165) is 10.3 Å². The molecule has 0 spiro atoms. The molecule has 0 bridgehead atoms. The van der Waals surface area contributed by atoms with E-state index in [1.165, 1.54) is 11.9 Å².